The van der Waals surface area contributed by atoms with Gasteiger partial charge in [0.15, 0.2) is 0 Å². The van der Waals surface area contributed by atoms with Gasteiger partial charge in [0.1, 0.15) is 7.14 Å². The van der Waals surface area contributed by atoms with Gasteiger partial charge in [-0.1, -0.05) is 18.2 Å². The van der Waals surface area contributed by atoms with E-state index in [-0.39, 0.29) is 0 Å². The molecule has 0 spiro atoms. The molecule has 3 heteroatoms. The molecule has 2 nitrogen and oxygen atoms in total. The van der Waals surface area contributed by atoms with Crippen molar-refractivity contribution >= 4 is 23.3 Å². The third kappa shape index (κ3) is 1.58. The summed E-state index contributed by atoms with van der Waals surface area (Å²) < 4.78 is 12.0. The van der Waals surface area contributed by atoms with Crippen molar-refractivity contribution < 1.29 is 4.57 Å². The second-order valence-electron chi connectivity index (χ2n) is 3.70. The highest BCUT2D eigenvalue weighted by atomic mass is 31.2. The first-order valence-electron chi connectivity index (χ1n) is 4.48. The van der Waals surface area contributed by atoms with Gasteiger partial charge in [-0.2, -0.15) is 0 Å². The van der Waals surface area contributed by atoms with E-state index in [2.05, 4.69) is 4.98 Å². The van der Waals surface area contributed by atoms with E-state index >= 15 is 0 Å². The summed E-state index contributed by atoms with van der Waals surface area (Å²) in [7, 11) is -2.23. The average molecular weight is 205 g/mol. The predicted octanol–water partition coefficient (Wildman–Crippen LogP) is 2.48. The summed E-state index contributed by atoms with van der Waals surface area (Å²) in [6.45, 7) is 3.55. The summed E-state index contributed by atoms with van der Waals surface area (Å²) in [5.74, 6) is 0. The highest BCUT2D eigenvalue weighted by Gasteiger charge is 2.14. The minimum atomic E-state index is -2.23. The molecule has 0 N–H and O–H groups in total. The van der Waals surface area contributed by atoms with Crippen LogP contribution in [-0.2, 0) is 4.57 Å². The van der Waals surface area contributed by atoms with Crippen molar-refractivity contribution in [3.8, 4) is 0 Å². The Morgan fingerprint density at radius 2 is 1.86 bits per heavy atom. The predicted molar refractivity (Wildman–Crippen MR) is 60.8 cm³/mol. The van der Waals surface area contributed by atoms with E-state index in [4.69, 9.17) is 0 Å². The van der Waals surface area contributed by atoms with Gasteiger partial charge in [0, 0.05) is 16.9 Å². The molecule has 1 aromatic heterocycles. The quantitative estimate of drug-likeness (QED) is 0.669. The third-order valence-corrected chi connectivity index (χ3v) is 3.71. The Labute approximate surface area is 83.4 Å². The Hall–Kier alpha value is -1.14. The molecule has 1 aromatic carbocycles. The number of hydrogen-bond donors (Lipinski definition) is 0. The van der Waals surface area contributed by atoms with Gasteiger partial charge in [0.05, 0.1) is 5.52 Å². The van der Waals surface area contributed by atoms with Gasteiger partial charge in [0.25, 0.3) is 0 Å². The zero-order valence-electron chi connectivity index (χ0n) is 8.27. The molecule has 0 aliphatic carbocycles. The maximum Gasteiger partial charge on any atom is 0.111 e. The van der Waals surface area contributed by atoms with E-state index in [0.717, 1.165) is 16.2 Å². The standard InChI is InChI=1S/C11H12NOP/c1-14(2,13)10-7-3-5-9-6-4-8-12-11(9)10/h3-8H,1-2H3. The summed E-state index contributed by atoms with van der Waals surface area (Å²) in [5.41, 5.74) is 0.864. The lowest BCUT2D eigenvalue weighted by Gasteiger charge is -2.09. The summed E-state index contributed by atoms with van der Waals surface area (Å²) in [6, 6.07) is 9.69. The molecule has 0 saturated carbocycles. The molecule has 0 saturated heterocycles. The minimum absolute atomic E-state index is 0.864. The van der Waals surface area contributed by atoms with Crippen LogP contribution in [0.25, 0.3) is 10.9 Å². The zero-order valence-corrected chi connectivity index (χ0v) is 9.16. The highest BCUT2D eigenvalue weighted by molar-refractivity contribution is 7.70. The molecule has 2 rings (SSSR count). The van der Waals surface area contributed by atoms with Crippen molar-refractivity contribution in [3.63, 3.8) is 0 Å². The summed E-state index contributed by atoms with van der Waals surface area (Å²) in [4.78, 5) is 4.28. The molecule has 0 bridgehead atoms. The number of benzene rings is 1. The highest BCUT2D eigenvalue weighted by Crippen LogP contribution is 2.36. The van der Waals surface area contributed by atoms with Gasteiger partial charge in [-0.3, -0.25) is 4.98 Å². The number of fused-ring (bicyclic) bond motifs is 1. The van der Waals surface area contributed by atoms with Gasteiger partial charge in [0.2, 0.25) is 0 Å². The van der Waals surface area contributed by atoms with Crippen LogP contribution in [0.4, 0.5) is 0 Å². The van der Waals surface area contributed by atoms with Crippen LogP contribution in [0.2, 0.25) is 0 Å². The maximum absolute atomic E-state index is 12.0. The number of hydrogen-bond acceptors (Lipinski definition) is 2. The van der Waals surface area contributed by atoms with Crippen LogP contribution < -0.4 is 5.30 Å². The molecule has 2 aromatic rings. The fourth-order valence-electron chi connectivity index (χ4n) is 1.52. The van der Waals surface area contributed by atoms with Gasteiger partial charge in [-0.05, 0) is 25.5 Å². The molecule has 0 atom stereocenters. The van der Waals surface area contributed by atoms with Crippen LogP contribution in [0.5, 0.6) is 0 Å². The molecule has 72 valence electrons. The molecule has 0 fully saturated rings. The van der Waals surface area contributed by atoms with Crippen molar-refractivity contribution in [2.45, 2.75) is 0 Å². The van der Waals surface area contributed by atoms with Crippen LogP contribution in [0.3, 0.4) is 0 Å². The second-order valence-corrected chi connectivity index (χ2v) is 6.89. The smallest absolute Gasteiger partial charge is 0.111 e. The molecule has 0 unspecified atom stereocenters. The van der Waals surface area contributed by atoms with Crippen LogP contribution in [0.15, 0.2) is 36.5 Å². The third-order valence-electron chi connectivity index (χ3n) is 2.19. The Morgan fingerprint density at radius 1 is 1.14 bits per heavy atom. The lowest BCUT2D eigenvalue weighted by molar-refractivity contribution is 0.588. The second kappa shape index (κ2) is 3.21. The number of nitrogens with zero attached hydrogens (tertiary/aromatic N) is 1. The first-order chi connectivity index (χ1) is 6.59. The van der Waals surface area contributed by atoms with Crippen molar-refractivity contribution in [1.82, 2.24) is 4.98 Å². The summed E-state index contributed by atoms with van der Waals surface area (Å²) in [6.07, 6.45) is 1.74. The zero-order chi connectivity index (χ0) is 10.2. The van der Waals surface area contributed by atoms with E-state index in [9.17, 15) is 4.57 Å². The number of para-hydroxylation sites is 1. The van der Waals surface area contributed by atoms with Crippen molar-refractivity contribution in [3.05, 3.63) is 36.5 Å². The van der Waals surface area contributed by atoms with E-state index in [1.165, 1.54) is 0 Å². The summed E-state index contributed by atoms with van der Waals surface area (Å²) >= 11 is 0. The van der Waals surface area contributed by atoms with Gasteiger partial charge < -0.3 is 4.57 Å². The largest absolute Gasteiger partial charge is 0.319 e. The van der Waals surface area contributed by atoms with Crippen LogP contribution in [-0.4, -0.2) is 18.3 Å². The maximum atomic E-state index is 12.0. The van der Waals surface area contributed by atoms with Gasteiger partial charge >= 0.3 is 0 Å². The monoisotopic (exact) mass is 205 g/mol. The lowest BCUT2D eigenvalue weighted by atomic mass is 10.2. The first-order valence-corrected chi connectivity index (χ1v) is 7.08. The minimum Gasteiger partial charge on any atom is -0.319 e. The van der Waals surface area contributed by atoms with Crippen LogP contribution in [0, 0.1) is 0 Å². The normalized spacial score (nSPS) is 11.9. The average Bonchev–Trinajstić information content (AvgIpc) is 2.15. The Bertz CT molecular complexity index is 510. The van der Waals surface area contributed by atoms with Crippen LogP contribution in [0.1, 0.15) is 0 Å². The number of pyridine rings is 1. The van der Waals surface area contributed by atoms with E-state index in [1.54, 1.807) is 19.5 Å². The molecule has 0 amide bonds. The molecule has 0 radical (unpaired) electrons. The fourth-order valence-corrected chi connectivity index (χ4v) is 2.66. The van der Waals surface area contributed by atoms with E-state index in [1.807, 2.05) is 30.3 Å². The molecular weight excluding hydrogens is 193 g/mol. The van der Waals surface area contributed by atoms with E-state index in [0.29, 0.717) is 0 Å². The Morgan fingerprint density at radius 3 is 2.57 bits per heavy atom. The van der Waals surface area contributed by atoms with Crippen molar-refractivity contribution in [1.29, 1.82) is 0 Å². The van der Waals surface area contributed by atoms with Gasteiger partial charge in [-0.25, -0.2) is 0 Å². The van der Waals surface area contributed by atoms with Crippen molar-refractivity contribution in [2.75, 3.05) is 13.3 Å². The lowest BCUT2D eigenvalue weighted by Crippen LogP contribution is -2.05. The fraction of sp³-hybridized carbons (Fsp3) is 0.182. The van der Waals surface area contributed by atoms with Crippen molar-refractivity contribution in [2.24, 2.45) is 0 Å². The molecule has 0 aliphatic rings. The number of rotatable bonds is 1. The van der Waals surface area contributed by atoms with Crippen LogP contribution >= 0.6 is 7.14 Å². The van der Waals surface area contributed by atoms with Gasteiger partial charge in [-0.15, -0.1) is 0 Å². The molecule has 1 heterocycles. The summed E-state index contributed by atoms with van der Waals surface area (Å²) in [5, 5.41) is 1.92. The first kappa shape index (κ1) is 9.42. The Balaban J connectivity index is 2.85. The topological polar surface area (TPSA) is 30.0 Å². The molecule has 14 heavy (non-hydrogen) atoms. The molecular formula is C11H12NOP. The molecule has 0 aliphatic heterocycles. The van der Waals surface area contributed by atoms with E-state index < -0.39 is 7.14 Å². The Kier molecular flexibility index (Phi) is 2.16. The SMILES string of the molecule is CP(C)(=O)c1cccc2cccnc12. The number of aromatic nitrogens is 1.